The van der Waals surface area contributed by atoms with Crippen LogP contribution in [0.1, 0.15) is 52.9 Å². The molecular formula is C13H26N2S. The zero-order valence-electron chi connectivity index (χ0n) is 11.1. The molecule has 0 spiro atoms. The van der Waals surface area contributed by atoms with Crippen LogP contribution in [0.3, 0.4) is 0 Å². The van der Waals surface area contributed by atoms with Gasteiger partial charge in [0.15, 0.2) is 5.11 Å². The average Bonchev–Trinajstić information content (AvgIpc) is 2.29. The van der Waals surface area contributed by atoms with Gasteiger partial charge in [-0.15, -0.1) is 0 Å². The van der Waals surface area contributed by atoms with E-state index in [1.807, 2.05) is 7.05 Å². The Morgan fingerprint density at radius 3 is 2.25 bits per heavy atom. The molecule has 2 N–H and O–H groups in total. The van der Waals surface area contributed by atoms with Crippen molar-refractivity contribution in [1.29, 1.82) is 0 Å². The maximum atomic E-state index is 5.14. The molecule has 0 unspecified atom stereocenters. The second-order valence-electron chi connectivity index (χ2n) is 5.61. The number of nitrogens with one attached hydrogen (secondary N) is 2. The van der Waals surface area contributed by atoms with Crippen molar-refractivity contribution >= 4 is 17.3 Å². The topological polar surface area (TPSA) is 24.1 Å². The van der Waals surface area contributed by atoms with Crippen LogP contribution in [-0.2, 0) is 0 Å². The summed E-state index contributed by atoms with van der Waals surface area (Å²) < 4.78 is 0. The van der Waals surface area contributed by atoms with Gasteiger partial charge in [-0.2, -0.15) is 0 Å². The fourth-order valence-corrected chi connectivity index (χ4v) is 2.73. The lowest BCUT2D eigenvalue weighted by atomic mass is 9.69. The molecule has 1 fully saturated rings. The molecule has 1 aliphatic rings. The predicted octanol–water partition coefficient (Wildman–Crippen LogP) is 3.08. The first-order valence-electron chi connectivity index (χ1n) is 6.48. The summed E-state index contributed by atoms with van der Waals surface area (Å²) in [6, 6.07) is 0.587. The van der Waals surface area contributed by atoms with E-state index in [2.05, 4.69) is 31.4 Å². The largest absolute Gasteiger partial charge is 0.366 e. The minimum atomic E-state index is 0.508. The Morgan fingerprint density at radius 2 is 1.81 bits per heavy atom. The molecular weight excluding hydrogens is 216 g/mol. The van der Waals surface area contributed by atoms with Gasteiger partial charge in [0, 0.05) is 13.1 Å². The van der Waals surface area contributed by atoms with Gasteiger partial charge in [0.05, 0.1) is 0 Å². The Labute approximate surface area is 106 Å². The van der Waals surface area contributed by atoms with Crippen LogP contribution in [-0.4, -0.2) is 18.2 Å². The average molecular weight is 242 g/mol. The number of hydrogen-bond acceptors (Lipinski definition) is 1. The van der Waals surface area contributed by atoms with E-state index >= 15 is 0 Å². The third-order valence-electron chi connectivity index (χ3n) is 4.31. The molecule has 0 saturated heterocycles. The maximum absolute atomic E-state index is 5.14. The summed E-state index contributed by atoms with van der Waals surface area (Å²) in [6.45, 7) is 7.12. The highest BCUT2D eigenvalue weighted by molar-refractivity contribution is 7.80. The van der Waals surface area contributed by atoms with E-state index in [4.69, 9.17) is 12.2 Å². The SMILES string of the molecule is CCC(C)(C)C1CCC(NC(=S)NC)CC1. The van der Waals surface area contributed by atoms with Crippen molar-refractivity contribution < 1.29 is 0 Å². The van der Waals surface area contributed by atoms with Gasteiger partial charge >= 0.3 is 0 Å². The van der Waals surface area contributed by atoms with Crippen LogP contribution in [0.2, 0.25) is 0 Å². The molecule has 0 bridgehead atoms. The van der Waals surface area contributed by atoms with Gasteiger partial charge in [-0.1, -0.05) is 27.2 Å². The molecule has 0 aromatic rings. The maximum Gasteiger partial charge on any atom is 0.166 e. The quantitative estimate of drug-likeness (QED) is 0.744. The van der Waals surface area contributed by atoms with Crippen LogP contribution >= 0.6 is 12.2 Å². The third-order valence-corrected chi connectivity index (χ3v) is 4.63. The molecule has 0 aliphatic heterocycles. The standard InChI is InChI=1S/C13H26N2S/c1-5-13(2,3)10-6-8-11(9-7-10)15-12(16)14-4/h10-11H,5-9H2,1-4H3,(H2,14,15,16). The third kappa shape index (κ3) is 3.62. The van der Waals surface area contributed by atoms with Crippen molar-refractivity contribution in [1.82, 2.24) is 10.6 Å². The molecule has 0 aromatic heterocycles. The minimum absolute atomic E-state index is 0.508. The lowest BCUT2D eigenvalue weighted by Gasteiger charge is -2.39. The van der Waals surface area contributed by atoms with Crippen LogP contribution in [0.4, 0.5) is 0 Å². The van der Waals surface area contributed by atoms with Crippen LogP contribution in [0, 0.1) is 11.3 Å². The Morgan fingerprint density at radius 1 is 1.25 bits per heavy atom. The summed E-state index contributed by atoms with van der Waals surface area (Å²) in [7, 11) is 1.88. The number of rotatable bonds is 3. The molecule has 0 aromatic carbocycles. The van der Waals surface area contributed by atoms with E-state index in [0.29, 0.717) is 11.5 Å². The Balaban J connectivity index is 2.37. The Bertz CT molecular complexity index is 230. The van der Waals surface area contributed by atoms with Crippen molar-refractivity contribution in [3.05, 3.63) is 0 Å². The molecule has 16 heavy (non-hydrogen) atoms. The summed E-state index contributed by atoms with van der Waals surface area (Å²) in [4.78, 5) is 0. The van der Waals surface area contributed by atoms with Crippen molar-refractivity contribution in [2.45, 2.75) is 58.9 Å². The van der Waals surface area contributed by atoms with Crippen molar-refractivity contribution in [3.8, 4) is 0 Å². The molecule has 0 amide bonds. The van der Waals surface area contributed by atoms with E-state index in [-0.39, 0.29) is 0 Å². The minimum Gasteiger partial charge on any atom is -0.366 e. The predicted molar refractivity (Wildman–Crippen MR) is 74.6 cm³/mol. The summed E-state index contributed by atoms with van der Waals surface area (Å²) in [5, 5.41) is 7.15. The summed E-state index contributed by atoms with van der Waals surface area (Å²) in [5.74, 6) is 0.888. The van der Waals surface area contributed by atoms with Crippen molar-refractivity contribution in [3.63, 3.8) is 0 Å². The summed E-state index contributed by atoms with van der Waals surface area (Å²) >= 11 is 5.14. The normalized spacial score (nSPS) is 26.2. The monoisotopic (exact) mass is 242 g/mol. The summed E-state index contributed by atoms with van der Waals surface area (Å²) in [6.07, 6.45) is 6.48. The Hall–Kier alpha value is -0.310. The zero-order chi connectivity index (χ0) is 12.2. The first-order chi connectivity index (χ1) is 7.49. The van der Waals surface area contributed by atoms with Crippen LogP contribution in [0.5, 0.6) is 0 Å². The van der Waals surface area contributed by atoms with E-state index < -0.39 is 0 Å². The molecule has 0 heterocycles. The van der Waals surface area contributed by atoms with Gasteiger partial charge in [-0.25, -0.2) is 0 Å². The van der Waals surface area contributed by atoms with Crippen molar-refractivity contribution in [2.75, 3.05) is 7.05 Å². The molecule has 0 atom stereocenters. The number of thiocarbonyl (C=S) groups is 1. The summed E-state index contributed by atoms with van der Waals surface area (Å²) in [5.41, 5.74) is 0.508. The van der Waals surface area contributed by atoms with E-state index in [0.717, 1.165) is 11.0 Å². The molecule has 2 nitrogen and oxygen atoms in total. The highest BCUT2D eigenvalue weighted by atomic mass is 32.1. The fraction of sp³-hybridized carbons (Fsp3) is 0.923. The van der Waals surface area contributed by atoms with Crippen LogP contribution in [0.15, 0.2) is 0 Å². The fourth-order valence-electron chi connectivity index (χ4n) is 2.57. The van der Waals surface area contributed by atoms with E-state index in [1.54, 1.807) is 0 Å². The first kappa shape index (κ1) is 13.8. The highest BCUT2D eigenvalue weighted by Gasteiger charge is 2.31. The van der Waals surface area contributed by atoms with Gasteiger partial charge in [0.1, 0.15) is 0 Å². The second-order valence-corrected chi connectivity index (χ2v) is 6.02. The smallest absolute Gasteiger partial charge is 0.166 e. The van der Waals surface area contributed by atoms with Crippen LogP contribution < -0.4 is 10.6 Å². The Kier molecular flexibility index (Phi) is 5.03. The van der Waals surface area contributed by atoms with Crippen LogP contribution in [0.25, 0.3) is 0 Å². The second kappa shape index (κ2) is 5.85. The molecule has 1 rings (SSSR count). The number of hydrogen-bond donors (Lipinski definition) is 2. The molecule has 1 saturated carbocycles. The van der Waals surface area contributed by atoms with Gasteiger partial charge in [0.25, 0.3) is 0 Å². The lowest BCUT2D eigenvalue weighted by Crippen LogP contribution is -2.43. The first-order valence-corrected chi connectivity index (χ1v) is 6.88. The zero-order valence-corrected chi connectivity index (χ0v) is 11.9. The van der Waals surface area contributed by atoms with Gasteiger partial charge < -0.3 is 10.6 Å². The highest BCUT2D eigenvalue weighted by Crippen LogP contribution is 2.40. The molecule has 1 aliphatic carbocycles. The molecule has 94 valence electrons. The molecule has 0 radical (unpaired) electrons. The van der Waals surface area contributed by atoms with Gasteiger partial charge in [-0.3, -0.25) is 0 Å². The van der Waals surface area contributed by atoms with Crippen molar-refractivity contribution in [2.24, 2.45) is 11.3 Å². The van der Waals surface area contributed by atoms with Gasteiger partial charge in [-0.05, 0) is 49.2 Å². The van der Waals surface area contributed by atoms with Gasteiger partial charge in [0.2, 0.25) is 0 Å². The molecule has 3 heteroatoms. The lowest BCUT2D eigenvalue weighted by molar-refractivity contribution is 0.141. The van der Waals surface area contributed by atoms with E-state index in [1.165, 1.54) is 32.1 Å². The van der Waals surface area contributed by atoms with E-state index in [9.17, 15) is 0 Å².